The van der Waals surface area contributed by atoms with Crippen molar-refractivity contribution in [1.29, 1.82) is 0 Å². The van der Waals surface area contributed by atoms with E-state index in [4.69, 9.17) is 4.98 Å². The van der Waals surface area contributed by atoms with Crippen molar-refractivity contribution < 1.29 is 4.79 Å². The highest BCUT2D eigenvalue weighted by Gasteiger charge is 2.30. The van der Waals surface area contributed by atoms with Crippen LogP contribution in [0.4, 0.5) is 0 Å². The van der Waals surface area contributed by atoms with Gasteiger partial charge in [-0.05, 0) is 55.4 Å². The van der Waals surface area contributed by atoms with Crippen LogP contribution in [0.5, 0.6) is 0 Å². The number of fused-ring (bicyclic) bond motifs is 1. The number of aromatic nitrogens is 2. The van der Waals surface area contributed by atoms with Crippen LogP contribution in [0.25, 0.3) is 10.9 Å². The fraction of sp³-hybridized carbons (Fsp3) is 0.500. The molecule has 0 radical (unpaired) electrons. The SMILES string of the molecule is Cn1cc(CCC(=O)N2CCC[C@@H]2c2ccc(CNC3CCCCC3)cn2)c2ccccc21. The van der Waals surface area contributed by atoms with Crippen molar-refractivity contribution >= 4 is 16.8 Å². The lowest BCUT2D eigenvalue weighted by Gasteiger charge is -2.25. The number of rotatable bonds is 7. The lowest BCUT2D eigenvalue weighted by Crippen LogP contribution is -2.31. The Kier molecular flexibility index (Phi) is 6.77. The van der Waals surface area contributed by atoms with Gasteiger partial charge in [0.05, 0.1) is 11.7 Å². The Labute approximate surface area is 197 Å². The van der Waals surface area contributed by atoms with Crippen LogP contribution in [0.1, 0.15) is 74.2 Å². The fourth-order valence-electron chi connectivity index (χ4n) is 5.69. The van der Waals surface area contributed by atoms with E-state index in [-0.39, 0.29) is 11.9 Å². The van der Waals surface area contributed by atoms with Crippen LogP contribution in [0.2, 0.25) is 0 Å². The molecule has 174 valence electrons. The van der Waals surface area contributed by atoms with Gasteiger partial charge in [-0.3, -0.25) is 9.78 Å². The second kappa shape index (κ2) is 10.1. The second-order valence-electron chi connectivity index (χ2n) is 9.83. The number of benzene rings is 1. The highest BCUT2D eigenvalue weighted by atomic mass is 16.2. The first-order valence-corrected chi connectivity index (χ1v) is 12.7. The first-order valence-electron chi connectivity index (χ1n) is 12.7. The van der Waals surface area contributed by atoms with Crippen molar-refractivity contribution in [2.45, 2.75) is 76.4 Å². The highest BCUT2D eigenvalue weighted by molar-refractivity contribution is 5.85. The van der Waals surface area contributed by atoms with E-state index in [0.717, 1.165) is 38.0 Å². The molecule has 5 heteroatoms. The van der Waals surface area contributed by atoms with Gasteiger partial charge in [0.15, 0.2) is 0 Å². The zero-order valence-corrected chi connectivity index (χ0v) is 19.8. The monoisotopic (exact) mass is 444 g/mol. The molecule has 1 aliphatic heterocycles. The molecule has 0 bridgehead atoms. The normalized spacial score (nSPS) is 19.4. The van der Waals surface area contributed by atoms with E-state index in [0.29, 0.717) is 12.5 Å². The van der Waals surface area contributed by atoms with E-state index in [1.807, 2.05) is 6.20 Å². The number of amides is 1. The minimum absolute atomic E-state index is 0.116. The van der Waals surface area contributed by atoms with E-state index < -0.39 is 0 Å². The average Bonchev–Trinajstić information content (AvgIpc) is 3.48. The summed E-state index contributed by atoms with van der Waals surface area (Å²) in [4.78, 5) is 20.0. The van der Waals surface area contributed by atoms with E-state index in [1.54, 1.807) is 0 Å². The van der Waals surface area contributed by atoms with Gasteiger partial charge in [-0.2, -0.15) is 0 Å². The summed E-state index contributed by atoms with van der Waals surface area (Å²) in [6.45, 7) is 1.72. The summed E-state index contributed by atoms with van der Waals surface area (Å²) >= 11 is 0. The lowest BCUT2D eigenvalue weighted by atomic mass is 9.95. The number of nitrogens with one attached hydrogen (secondary N) is 1. The number of aryl methyl sites for hydroxylation is 2. The van der Waals surface area contributed by atoms with Crippen molar-refractivity contribution in [2.24, 2.45) is 7.05 Å². The van der Waals surface area contributed by atoms with Crippen molar-refractivity contribution in [2.75, 3.05) is 6.54 Å². The number of pyridine rings is 1. The summed E-state index contributed by atoms with van der Waals surface area (Å²) in [5, 5.41) is 4.95. The molecule has 2 aliphatic rings. The summed E-state index contributed by atoms with van der Waals surface area (Å²) < 4.78 is 2.16. The number of nitrogens with zero attached hydrogens (tertiary/aromatic N) is 3. The number of para-hydroxylation sites is 1. The van der Waals surface area contributed by atoms with Gasteiger partial charge >= 0.3 is 0 Å². The van der Waals surface area contributed by atoms with Gasteiger partial charge in [0.1, 0.15) is 0 Å². The van der Waals surface area contributed by atoms with Gasteiger partial charge < -0.3 is 14.8 Å². The van der Waals surface area contributed by atoms with E-state index in [1.165, 1.54) is 54.1 Å². The number of hydrogen-bond acceptors (Lipinski definition) is 3. The number of carbonyl (C=O) groups is 1. The molecular formula is C28H36N4O. The number of likely N-dealkylation sites (tertiary alicyclic amines) is 1. The van der Waals surface area contributed by atoms with Crippen molar-refractivity contribution in [3.8, 4) is 0 Å². The van der Waals surface area contributed by atoms with Gasteiger partial charge in [-0.1, -0.05) is 43.5 Å². The highest BCUT2D eigenvalue weighted by Crippen LogP contribution is 2.32. The first-order chi connectivity index (χ1) is 16.2. The minimum Gasteiger partial charge on any atom is -0.350 e. The maximum absolute atomic E-state index is 13.2. The Hall–Kier alpha value is -2.66. The first kappa shape index (κ1) is 22.1. The second-order valence-corrected chi connectivity index (χ2v) is 9.83. The molecule has 1 amide bonds. The van der Waals surface area contributed by atoms with Crippen LogP contribution >= 0.6 is 0 Å². The predicted octanol–water partition coefficient (Wildman–Crippen LogP) is 5.29. The van der Waals surface area contributed by atoms with Crippen LogP contribution in [0, 0.1) is 0 Å². The third-order valence-electron chi connectivity index (χ3n) is 7.55. The molecule has 5 nitrogen and oxygen atoms in total. The summed E-state index contributed by atoms with van der Waals surface area (Å²) in [6, 6.07) is 13.5. The van der Waals surface area contributed by atoms with Gasteiger partial charge in [0, 0.05) is 55.9 Å². The summed E-state index contributed by atoms with van der Waals surface area (Å²) in [5.41, 5.74) is 4.75. The summed E-state index contributed by atoms with van der Waals surface area (Å²) in [6.07, 6.45) is 14.2. The van der Waals surface area contributed by atoms with Crippen LogP contribution < -0.4 is 5.32 Å². The predicted molar refractivity (Wildman–Crippen MR) is 133 cm³/mol. The van der Waals surface area contributed by atoms with Crippen molar-refractivity contribution in [1.82, 2.24) is 19.8 Å². The number of hydrogen-bond donors (Lipinski definition) is 1. The van der Waals surface area contributed by atoms with Crippen molar-refractivity contribution in [3.63, 3.8) is 0 Å². The Balaban J connectivity index is 1.19. The molecule has 1 atom stereocenters. The minimum atomic E-state index is 0.116. The molecule has 1 N–H and O–H groups in total. The molecule has 0 spiro atoms. The Bertz CT molecular complexity index is 1080. The Morgan fingerprint density at radius 3 is 2.73 bits per heavy atom. The maximum atomic E-state index is 13.2. The smallest absolute Gasteiger partial charge is 0.223 e. The van der Waals surface area contributed by atoms with Crippen molar-refractivity contribution in [3.05, 3.63) is 65.6 Å². The quantitative estimate of drug-likeness (QED) is 0.539. The molecule has 0 unspecified atom stereocenters. The van der Waals surface area contributed by atoms with E-state index >= 15 is 0 Å². The van der Waals surface area contributed by atoms with Crippen LogP contribution in [-0.4, -0.2) is 32.9 Å². The Morgan fingerprint density at radius 2 is 1.91 bits per heavy atom. The molecule has 2 fully saturated rings. The van der Waals surface area contributed by atoms with Gasteiger partial charge in [-0.15, -0.1) is 0 Å². The largest absolute Gasteiger partial charge is 0.350 e. The van der Waals surface area contributed by atoms with Gasteiger partial charge in [0.2, 0.25) is 5.91 Å². The molecule has 2 aromatic heterocycles. The summed E-state index contributed by atoms with van der Waals surface area (Å²) in [7, 11) is 2.07. The molecule has 5 rings (SSSR count). The topological polar surface area (TPSA) is 50.2 Å². The molecule has 1 aliphatic carbocycles. The van der Waals surface area contributed by atoms with Crippen LogP contribution in [0.15, 0.2) is 48.8 Å². The van der Waals surface area contributed by atoms with E-state index in [9.17, 15) is 4.79 Å². The zero-order chi connectivity index (χ0) is 22.6. The molecule has 3 aromatic rings. The standard InChI is InChI=1S/C28H36N4O/c1-31-20-22(24-10-5-6-11-26(24)31)14-16-28(33)32-17-7-12-27(32)25-15-13-21(19-30-25)18-29-23-8-3-2-4-9-23/h5-6,10-11,13,15,19-20,23,27,29H,2-4,7-9,12,14,16-18H2,1H3/t27-/m1/s1. The third kappa shape index (κ3) is 4.98. The van der Waals surface area contributed by atoms with Crippen LogP contribution in [-0.2, 0) is 24.8 Å². The molecule has 1 saturated heterocycles. The maximum Gasteiger partial charge on any atom is 0.223 e. The lowest BCUT2D eigenvalue weighted by molar-refractivity contribution is -0.132. The molecule has 1 aromatic carbocycles. The Morgan fingerprint density at radius 1 is 1.06 bits per heavy atom. The third-order valence-corrected chi connectivity index (χ3v) is 7.55. The molecule has 1 saturated carbocycles. The number of carbonyl (C=O) groups excluding carboxylic acids is 1. The molecule has 33 heavy (non-hydrogen) atoms. The van der Waals surface area contributed by atoms with Crippen LogP contribution in [0.3, 0.4) is 0 Å². The van der Waals surface area contributed by atoms with E-state index in [2.05, 4.69) is 64.4 Å². The van der Waals surface area contributed by atoms with Gasteiger partial charge in [0.25, 0.3) is 0 Å². The molecule has 3 heterocycles. The fourth-order valence-corrected chi connectivity index (χ4v) is 5.69. The van der Waals surface area contributed by atoms with Gasteiger partial charge in [-0.25, -0.2) is 0 Å². The molecular weight excluding hydrogens is 408 g/mol. The zero-order valence-electron chi connectivity index (χ0n) is 19.8. The average molecular weight is 445 g/mol. The summed E-state index contributed by atoms with van der Waals surface area (Å²) in [5.74, 6) is 0.246.